The van der Waals surface area contributed by atoms with Crippen LogP contribution in [0.2, 0.25) is 0 Å². The molecule has 0 saturated carbocycles. The average molecular weight is 373 g/mol. The molecule has 2 aromatic carbocycles. The molecule has 5 rings (SSSR count). The predicted octanol–water partition coefficient (Wildman–Crippen LogP) is 3.60. The van der Waals surface area contributed by atoms with Gasteiger partial charge in [-0.1, -0.05) is 36.0 Å². The first-order valence-corrected chi connectivity index (χ1v) is 9.48. The van der Waals surface area contributed by atoms with Gasteiger partial charge in [-0.2, -0.15) is 0 Å². The molecule has 2 aliphatic heterocycles. The fraction of sp³-hybridized carbons (Fsp3) is 0.100. The summed E-state index contributed by atoms with van der Waals surface area (Å²) in [4.78, 5) is 27.9. The number of carbonyl (C=O) groups excluding carboxylic acids is 1. The molecule has 132 valence electrons. The fourth-order valence-corrected chi connectivity index (χ4v) is 4.10. The first-order chi connectivity index (χ1) is 13.3. The van der Waals surface area contributed by atoms with Crippen molar-refractivity contribution in [2.24, 2.45) is 4.99 Å². The zero-order chi connectivity index (χ0) is 18.2. The number of para-hydroxylation sites is 2. The SMILES string of the molecule is O=C(Nc1ccc(C2=CSC3=NCCN23)cc1)c1cnc2ccccc2n1. The number of amidine groups is 1. The number of benzene rings is 2. The van der Waals surface area contributed by atoms with E-state index >= 15 is 0 Å². The fourth-order valence-electron chi connectivity index (χ4n) is 3.13. The summed E-state index contributed by atoms with van der Waals surface area (Å²) in [6, 6.07) is 15.3. The number of anilines is 1. The number of hydrogen-bond acceptors (Lipinski definition) is 6. The second kappa shape index (κ2) is 6.51. The Labute approximate surface area is 160 Å². The van der Waals surface area contributed by atoms with Gasteiger partial charge in [0.2, 0.25) is 0 Å². The molecule has 3 heterocycles. The summed E-state index contributed by atoms with van der Waals surface area (Å²) in [6.45, 7) is 1.77. The molecular formula is C20H15N5OS. The van der Waals surface area contributed by atoms with E-state index in [9.17, 15) is 4.79 Å². The minimum Gasteiger partial charge on any atom is -0.321 e. The largest absolute Gasteiger partial charge is 0.321 e. The number of nitrogens with zero attached hydrogens (tertiary/aromatic N) is 4. The van der Waals surface area contributed by atoms with Crippen LogP contribution in [0.25, 0.3) is 16.7 Å². The first-order valence-electron chi connectivity index (χ1n) is 8.60. The lowest BCUT2D eigenvalue weighted by Crippen LogP contribution is -2.19. The average Bonchev–Trinajstić information content (AvgIpc) is 3.32. The third kappa shape index (κ3) is 2.96. The highest BCUT2D eigenvalue weighted by Crippen LogP contribution is 2.35. The topological polar surface area (TPSA) is 70.5 Å². The smallest absolute Gasteiger partial charge is 0.275 e. The molecule has 1 amide bonds. The Hall–Kier alpha value is -3.19. The van der Waals surface area contributed by atoms with Crippen molar-refractivity contribution >= 4 is 45.3 Å². The van der Waals surface area contributed by atoms with Gasteiger partial charge in [0.15, 0.2) is 5.17 Å². The lowest BCUT2D eigenvalue weighted by molar-refractivity contribution is 0.102. The van der Waals surface area contributed by atoms with Crippen LogP contribution in [0.3, 0.4) is 0 Å². The second-order valence-corrected chi connectivity index (χ2v) is 7.05. The molecule has 1 aromatic heterocycles. The number of thioether (sulfide) groups is 1. The quantitative estimate of drug-likeness (QED) is 0.760. The number of aliphatic imine (C=N–C) groups is 1. The van der Waals surface area contributed by atoms with Crippen molar-refractivity contribution in [1.82, 2.24) is 14.9 Å². The summed E-state index contributed by atoms with van der Waals surface area (Å²) in [6.07, 6.45) is 1.50. The molecule has 0 unspecified atom stereocenters. The third-order valence-electron chi connectivity index (χ3n) is 4.49. The first kappa shape index (κ1) is 16.0. The molecule has 7 heteroatoms. The maximum absolute atomic E-state index is 12.5. The molecule has 27 heavy (non-hydrogen) atoms. The van der Waals surface area contributed by atoms with Crippen LogP contribution in [0.1, 0.15) is 16.1 Å². The normalized spacial score (nSPS) is 15.5. The lowest BCUT2D eigenvalue weighted by atomic mass is 10.1. The summed E-state index contributed by atoms with van der Waals surface area (Å²) >= 11 is 1.66. The van der Waals surface area contributed by atoms with Crippen molar-refractivity contribution < 1.29 is 4.79 Å². The Balaban J connectivity index is 1.33. The van der Waals surface area contributed by atoms with Crippen LogP contribution < -0.4 is 5.32 Å². The Bertz CT molecular complexity index is 1110. The van der Waals surface area contributed by atoms with E-state index < -0.39 is 0 Å². The monoisotopic (exact) mass is 373 g/mol. The van der Waals surface area contributed by atoms with Crippen molar-refractivity contribution in [1.29, 1.82) is 0 Å². The van der Waals surface area contributed by atoms with Crippen molar-refractivity contribution in [3.8, 4) is 0 Å². The Morgan fingerprint density at radius 1 is 1.07 bits per heavy atom. The summed E-state index contributed by atoms with van der Waals surface area (Å²) in [5.74, 6) is -0.273. The number of amides is 1. The number of nitrogens with one attached hydrogen (secondary N) is 1. The van der Waals surface area contributed by atoms with E-state index in [4.69, 9.17) is 0 Å². The van der Waals surface area contributed by atoms with Gasteiger partial charge in [0.25, 0.3) is 5.91 Å². The molecule has 0 radical (unpaired) electrons. The van der Waals surface area contributed by atoms with Crippen molar-refractivity contribution in [3.05, 3.63) is 71.4 Å². The van der Waals surface area contributed by atoms with Crippen LogP contribution in [0, 0.1) is 0 Å². The molecular weight excluding hydrogens is 358 g/mol. The van der Waals surface area contributed by atoms with Gasteiger partial charge in [0, 0.05) is 17.6 Å². The Morgan fingerprint density at radius 2 is 1.89 bits per heavy atom. The molecule has 3 aromatic rings. The Morgan fingerprint density at radius 3 is 2.74 bits per heavy atom. The summed E-state index contributed by atoms with van der Waals surface area (Å²) in [5, 5.41) is 6.07. The molecule has 0 saturated heterocycles. The van der Waals surface area contributed by atoms with Gasteiger partial charge in [0.05, 0.1) is 29.5 Å². The van der Waals surface area contributed by atoms with Gasteiger partial charge in [-0.3, -0.25) is 14.8 Å². The van der Waals surface area contributed by atoms with Crippen molar-refractivity contribution in [2.75, 3.05) is 18.4 Å². The van der Waals surface area contributed by atoms with Crippen LogP contribution in [-0.4, -0.2) is 39.0 Å². The number of aromatic nitrogens is 2. The van der Waals surface area contributed by atoms with Crippen molar-refractivity contribution in [2.45, 2.75) is 0 Å². The standard InChI is InChI=1S/C20H15N5OS/c26-19(17-11-22-15-3-1-2-4-16(15)24-17)23-14-7-5-13(6-8-14)18-12-27-20-21-9-10-25(18)20/h1-8,11-12H,9-10H2,(H,23,26). The van der Waals surface area contributed by atoms with Crippen LogP contribution in [0.4, 0.5) is 5.69 Å². The molecule has 0 spiro atoms. The van der Waals surface area contributed by atoms with E-state index in [1.165, 1.54) is 6.20 Å². The van der Waals surface area contributed by atoms with Gasteiger partial charge < -0.3 is 10.2 Å². The van der Waals surface area contributed by atoms with Crippen LogP contribution in [-0.2, 0) is 0 Å². The van der Waals surface area contributed by atoms with Gasteiger partial charge in [-0.15, -0.1) is 0 Å². The summed E-state index contributed by atoms with van der Waals surface area (Å²) < 4.78 is 0. The predicted molar refractivity (Wildman–Crippen MR) is 109 cm³/mol. The molecule has 0 aliphatic carbocycles. The van der Waals surface area contributed by atoms with E-state index in [-0.39, 0.29) is 5.91 Å². The van der Waals surface area contributed by atoms with Gasteiger partial charge in [0.1, 0.15) is 5.69 Å². The third-order valence-corrected chi connectivity index (χ3v) is 5.39. The lowest BCUT2D eigenvalue weighted by Gasteiger charge is -2.16. The Kier molecular flexibility index (Phi) is 3.86. The maximum atomic E-state index is 12.5. The van der Waals surface area contributed by atoms with Crippen LogP contribution in [0.5, 0.6) is 0 Å². The van der Waals surface area contributed by atoms with Crippen molar-refractivity contribution in [3.63, 3.8) is 0 Å². The minimum absolute atomic E-state index is 0.273. The number of fused-ring (bicyclic) bond motifs is 2. The molecule has 2 aliphatic rings. The zero-order valence-corrected chi connectivity index (χ0v) is 15.1. The summed E-state index contributed by atoms with van der Waals surface area (Å²) in [5.41, 5.74) is 4.76. The van der Waals surface area contributed by atoms with E-state index in [2.05, 4.69) is 30.6 Å². The zero-order valence-electron chi connectivity index (χ0n) is 14.3. The molecule has 0 bridgehead atoms. The van der Waals surface area contributed by atoms with E-state index in [1.54, 1.807) is 11.8 Å². The van der Waals surface area contributed by atoms with E-state index in [1.807, 2.05) is 48.5 Å². The van der Waals surface area contributed by atoms with Gasteiger partial charge in [-0.05, 0) is 29.8 Å². The number of hydrogen-bond donors (Lipinski definition) is 1. The van der Waals surface area contributed by atoms with Gasteiger partial charge >= 0.3 is 0 Å². The summed E-state index contributed by atoms with van der Waals surface area (Å²) in [7, 11) is 0. The molecule has 0 atom stereocenters. The number of carbonyl (C=O) groups is 1. The van der Waals surface area contributed by atoms with E-state index in [0.29, 0.717) is 11.2 Å². The highest BCUT2D eigenvalue weighted by Gasteiger charge is 2.26. The maximum Gasteiger partial charge on any atom is 0.275 e. The molecule has 1 N–H and O–H groups in total. The highest BCUT2D eigenvalue weighted by molar-refractivity contribution is 8.16. The molecule has 0 fully saturated rings. The van der Waals surface area contributed by atoms with Crippen LogP contribution in [0.15, 0.2) is 65.1 Å². The van der Waals surface area contributed by atoms with Crippen LogP contribution >= 0.6 is 11.8 Å². The van der Waals surface area contributed by atoms with E-state index in [0.717, 1.165) is 40.7 Å². The molecule has 6 nitrogen and oxygen atoms in total. The second-order valence-electron chi connectivity index (χ2n) is 6.21. The number of rotatable bonds is 3. The van der Waals surface area contributed by atoms with Gasteiger partial charge in [-0.25, -0.2) is 4.98 Å². The minimum atomic E-state index is -0.273. The highest BCUT2D eigenvalue weighted by atomic mass is 32.2.